The van der Waals surface area contributed by atoms with Gasteiger partial charge >= 0.3 is 6.03 Å². The molecule has 0 saturated carbocycles. The van der Waals surface area contributed by atoms with E-state index >= 15 is 0 Å². The molecule has 0 aliphatic carbocycles. The Kier molecular flexibility index (Phi) is 6.87. The maximum Gasteiger partial charge on any atom is 0.319 e. The first kappa shape index (κ1) is 17.3. The lowest BCUT2D eigenvalue weighted by Gasteiger charge is -2.15. The first-order valence-corrected chi connectivity index (χ1v) is 8.09. The minimum atomic E-state index is -0.251. The number of likely N-dealkylation sites (tertiary alicyclic amines) is 1. The molecule has 1 saturated heterocycles. The lowest BCUT2D eigenvalue weighted by atomic mass is 10.1. The number of hydrogen-bond donors (Lipinski definition) is 2. The molecule has 0 aromatic heterocycles. The number of anilines is 1. The first-order valence-electron chi connectivity index (χ1n) is 8.09. The molecule has 1 fully saturated rings. The van der Waals surface area contributed by atoms with Crippen LogP contribution in [0.3, 0.4) is 0 Å². The van der Waals surface area contributed by atoms with Crippen molar-refractivity contribution < 1.29 is 14.3 Å². The van der Waals surface area contributed by atoms with E-state index in [1.807, 2.05) is 29.2 Å². The summed E-state index contributed by atoms with van der Waals surface area (Å²) < 4.78 is 4.87. The van der Waals surface area contributed by atoms with E-state index in [9.17, 15) is 9.59 Å². The number of aryl methyl sites for hydroxylation is 1. The molecule has 6 heteroatoms. The van der Waals surface area contributed by atoms with Gasteiger partial charge in [0.1, 0.15) is 0 Å². The van der Waals surface area contributed by atoms with Gasteiger partial charge in [0.25, 0.3) is 0 Å². The lowest BCUT2D eigenvalue weighted by molar-refractivity contribution is -0.130. The Bertz CT molecular complexity index is 510. The van der Waals surface area contributed by atoms with Gasteiger partial charge in [-0.3, -0.25) is 4.79 Å². The third-order valence-corrected chi connectivity index (χ3v) is 3.89. The molecule has 126 valence electrons. The van der Waals surface area contributed by atoms with Crippen LogP contribution in [0.2, 0.25) is 0 Å². The summed E-state index contributed by atoms with van der Waals surface area (Å²) in [5.74, 6) is 0.238. The highest BCUT2D eigenvalue weighted by atomic mass is 16.5. The third kappa shape index (κ3) is 5.90. The maximum absolute atomic E-state index is 12.0. The molecule has 0 spiro atoms. The average molecular weight is 319 g/mol. The van der Waals surface area contributed by atoms with E-state index in [1.165, 1.54) is 0 Å². The summed E-state index contributed by atoms with van der Waals surface area (Å²) in [5.41, 5.74) is 1.83. The van der Waals surface area contributed by atoms with Gasteiger partial charge in [-0.05, 0) is 37.0 Å². The van der Waals surface area contributed by atoms with Gasteiger partial charge in [-0.15, -0.1) is 0 Å². The summed E-state index contributed by atoms with van der Waals surface area (Å²) >= 11 is 0. The highest BCUT2D eigenvalue weighted by molar-refractivity contribution is 5.89. The molecule has 3 amide bonds. The van der Waals surface area contributed by atoms with Crippen LogP contribution in [0, 0.1) is 0 Å². The fourth-order valence-corrected chi connectivity index (χ4v) is 2.57. The van der Waals surface area contributed by atoms with Crippen LogP contribution in [-0.4, -0.2) is 50.2 Å². The molecule has 1 aromatic carbocycles. The number of nitrogens with zero attached hydrogens (tertiary/aromatic N) is 1. The molecular formula is C17H25N3O3. The Hall–Kier alpha value is -2.08. The number of hydrogen-bond acceptors (Lipinski definition) is 3. The Morgan fingerprint density at radius 1 is 1.17 bits per heavy atom. The molecule has 23 heavy (non-hydrogen) atoms. The van der Waals surface area contributed by atoms with E-state index in [1.54, 1.807) is 7.11 Å². The van der Waals surface area contributed by atoms with Crippen molar-refractivity contribution in [2.45, 2.75) is 25.7 Å². The highest BCUT2D eigenvalue weighted by Gasteiger charge is 2.17. The molecule has 0 bridgehead atoms. The van der Waals surface area contributed by atoms with Gasteiger partial charge in [-0.1, -0.05) is 12.1 Å². The molecule has 2 rings (SSSR count). The minimum absolute atomic E-state index is 0.238. The summed E-state index contributed by atoms with van der Waals surface area (Å²) in [4.78, 5) is 25.6. The number of rotatable bonds is 7. The SMILES string of the molecule is COCCNC(=O)Nc1ccc(CCC(=O)N2CCCC2)cc1. The number of methoxy groups -OCH3 is 1. The van der Waals surface area contributed by atoms with Crippen molar-refractivity contribution in [1.29, 1.82) is 0 Å². The van der Waals surface area contributed by atoms with Crippen LogP contribution in [0.15, 0.2) is 24.3 Å². The van der Waals surface area contributed by atoms with Gasteiger partial charge in [0, 0.05) is 38.9 Å². The summed E-state index contributed by atoms with van der Waals surface area (Å²) in [6, 6.07) is 7.35. The van der Waals surface area contributed by atoms with E-state index in [2.05, 4.69) is 10.6 Å². The van der Waals surface area contributed by atoms with Crippen molar-refractivity contribution in [3.05, 3.63) is 29.8 Å². The van der Waals surface area contributed by atoms with Crippen molar-refractivity contribution >= 4 is 17.6 Å². The van der Waals surface area contributed by atoms with Crippen LogP contribution in [0.5, 0.6) is 0 Å². The number of urea groups is 1. The van der Waals surface area contributed by atoms with E-state index in [0.29, 0.717) is 19.6 Å². The summed E-state index contributed by atoms with van der Waals surface area (Å²) in [5, 5.41) is 5.45. The molecule has 0 atom stereocenters. The predicted octanol–water partition coefficient (Wildman–Crippen LogP) is 2.01. The van der Waals surface area contributed by atoms with E-state index in [4.69, 9.17) is 4.74 Å². The Balaban J connectivity index is 1.73. The number of nitrogens with one attached hydrogen (secondary N) is 2. The molecule has 1 aliphatic heterocycles. The lowest BCUT2D eigenvalue weighted by Crippen LogP contribution is -2.31. The number of carbonyl (C=O) groups excluding carboxylic acids is 2. The van der Waals surface area contributed by atoms with Crippen molar-refractivity contribution in [3.8, 4) is 0 Å². The molecule has 2 N–H and O–H groups in total. The number of carbonyl (C=O) groups is 2. The molecule has 1 aromatic rings. The van der Waals surface area contributed by atoms with Crippen LogP contribution in [0.1, 0.15) is 24.8 Å². The third-order valence-electron chi connectivity index (χ3n) is 3.89. The largest absolute Gasteiger partial charge is 0.383 e. The highest BCUT2D eigenvalue weighted by Crippen LogP contribution is 2.13. The van der Waals surface area contributed by atoms with Gasteiger partial charge in [-0.2, -0.15) is 0 Å². The van der Waals surface area contributed by atoms with E-state index < -0.39 is 0 Å². The van der Waals surface area contributed by atoms with Gasteiger partial charge in [0.05, 0.1) is 6.61 Å². The zero-order chi connectivity index (χ0) is 16.5. The fourth-order valence-electron chi connectivity index (χ4n) is 2.57. The summed E-state index contributed by atoms with van der Waals surface area (Å²) in [7, 11) is 1.59. The van der Waals surface area contributed by atoms with Crippen LogP contribution < -0.4 is 10.6 Å². The number of amides is 3. The zero-order valence-electron chi connectivity index (χ0n) is 13.6. The monoisotopic (exact) mass is 319 g/mol. The normalized spacial score (nSPS) is 13.9. The molecule has 6 nitrogen and oxygen atoms in total. The number of benzene rings is 1. The van der Waals surface area contributed by atoms with E-state index in [-0.39, 0.29) is 11.9 Å². The van der Waals surface area contributed by atoms with Crippen LogP contribution in [0.4, 0.5) is 10.5 Å². The zero-order valence-corrected chi connectivity index (χ0v) is 13.6. The molecular weight excluding hydrogens is 294 g/mol. The van der Waals surface area contributed by atoms with Gasteiger partial charge in [-0.25, -0.2) is 4.79 Å². The predicted molar refractivity (Wildman–Crippen MR) is 89.5 cm³/mol. The van der Waals surface area contributed by atoms with Crippen molar-refractivity contribution in [3.63, 3.8) is 0 Å². The van der Waals surface area contributed by atoms with Gasteiger partial charge in [0.2, 0.25) is 5.91 Å². The Morgan fingerprint density at radius 2 is 1.87 bits per heavy atom. The molecule has 1 aliphatic rings. The van der Waals surface area contributed by atoms with Crippen LogP contribution >= 0.6 is 0 Å². The smallest absolute Gasteiger partial charge is 0.319 e. The van der Waals surface area contributed by atoms with E-state index in [0.717, 1.165) is 43.6 Å². The Labute approximate surface area is 137 Å². The number of ether oxygens (including phenoxy) is 1. The molecule has 0 radical (unpaired) electrons. The molecule has 0 unspecified atom stereocenters. The van der Waals surface area contributed by atoms with Gasteiger partial charge in [0.15, 0.2) is 0 Å². The van der Waals surface area contributed by atoms with Crippen molar-refractivity contribution in [2.75, 3.05) is 38.7 Å². The average Bonchev–Trinajstić information content (AvgIpc) is 3.09. The topological polar surface area (TPSA) is 70.7 Å². The second-order valence-electron chi connectivity index (χ2n) is 5.66. The van der Waals surface area contributed by atoms with Crippen molar-refractivity contribution in [1.82, 2.24) is 10.2 Å². The second kappa shape index (κ2) is 9.15. The fraction of sp³-hybridized carbons (Fsp3) is 0.529. The standard InChI is InChI=1S/C17H25N3O3/c1-23-13-10-18-17(22)19-15-7-4-14(5-8-15)6-9-16(21)20-11-2-3-12-20/h4-5,7-8H,2-3,6,9-13H2,1H3,(H2,18,19,22). The quantitative estimate of drug-likeness (QED) is 0.755. The molecule has 1 heterocycles. The first-order chi connectivity index (χ1) is 11.2. The van der Waals surface area contributed by atoms with Crippen LogP contribution in [-0.2, 0) is 16.0 Å². The maximum atomic E-state index is 12.0. The Morgan fingerprint density at radius 3 is 2.52 bits per heavy atom. The second-order valence-corrected chi connectivity index (χ2v) is 5.66. The summed E-state index contributed by atoms with van der Waals surface area (Å²) in [6.07, 6.45) is 3.52. The van der Waals surface area contributed by atoms with Gasteiger partial charge < -0.3 is 20.3 Å². The summed E-state index contributed by atoms with van der Waals surface area (Å²) in [6.45, 7) is 2.76. The van der Waals surface area contributed by atoms with Crippen molar-refractivity contribution in [2.24, 2.45) is 0 Å². The van der Waals surface area contributed by atoms with Crippen LogP contribution in [0.25, 0.3) is 0 Å². The minimum Gasteiger partial charge on any atom is -0.383 e.